The summed E-state index contributed by atoms with van der Waals surface area (Å²) in [5.74, 6) is 0.538. The van der Waals surface area contributed by atoms with Crippen LogP contribution in [0.4, 0.5) is 17.3 Å². The van der Waals surface area contributed by atoms with Crippen LogP contribution in [0.1, 0.15) is 19.8 Å². The highest BCUT2D eigenvalue weighted by Gasteiger charge is 2.22. The second-order valence-corrected chi connectivity index (χ2v) is 4.68. The van der Waals surface area contributed by atoms with Gasteiger partial charge in [0.25, 0.3) is 0 Å². The van der Waals surface area contributed by atoms with E-state index in [1.165, 1.54) is 19.2 Å². The van der Waals surface area contributed by atoms with Crippen LogP contribution in [0.25, 0.3) is 0 Å². The number of hydrogen-bond acceptors (Lipinski definition) is 7. The molecule has 20 heavy (non-hydrogen) atoms. The summed E-state index contributed by atoms with van der Waals surface area (Å²) >= 11 is 0. The van der Waals surface area contributed by atoms with E-state index in [2.05, 4.69) is 25.5 Å². The molecule has 8 nitrogen and oxygen atoms in total. The van der Waals surface area contributed by atoms with E-state index in [0.29, 0.717) is 13.1 Å². The summed E-state index contributed by atoms with van der Waals surface area (Å²) in [6.07, 6.45) is 3.81. The molecule has 0 aromatic carbocycles. The van der Waals surface area contributed by atoms with Crippen molar-refractivity contribution in [2.45, 2.75) is 19.8 Å². The summed E-state index contributed by atoms with van der Waals surface area (Å²) in [6, 6.07) is 0. The van der Waals surface area contributed by atoms with Crippen molar-refractivity contribution < 1.29 is 4.92 Å². The first-order chi connectivity index (χ1) is 9.72. The van der Waals surface area contributed by atoms with E-state index >= 15 is 0 Å². The molecule has 2 rings (SSSR count). The minimum absolute atomic E-state index is 0.0872. The molecular formula is C12H20N6O2. The Balaban J connectivity index is 2.01. The van der Waals surface area contributed by atoms with Gasteiger partial charge in [-0.15, -0.1) is 0 Å². The van der Waals surface area contributed by atoms with Crippen LogP contribution in [0, 0.1) is 10.1 Å². The van der Waals surface area contributed by atoms with Crippen LogP contribution in [0.15, 0.2) is 6.33 Å². The fourth-order valence-electron chi connectivity index (χ4n) is 2.32. The standard InChI is InChI=1S/C12H20N6O2/c1-2-13-11-10(18(19)20)12(16-9-15-11)14-5-8-17-6-3-4-7-17/h9H,2-8H2,1H3,(H2,13,14,15,16). The van der Waals surface area contributed by atoms with Crippen molar-refractivity contribution in [1.82, 2.24) is 14.9 Å². The molecule has 1 aliphatic heterocycles. The van der Waals surface area contributed by atoms with Gasteiger partial charge in [-0.3, -0.25) is 10.1 Å². The first-order valence-corrected chi connectivity index (χ1v) is 6.92. The Hall–Kier alpha value is -1.96. The molecule has 0 aliphatic carbocycles. The first-order valence-electron chi connectivity index (χ1n) is 6.92. The number of nitrogens with one attached hydrogen (secondary N) is 2. The molecule has 1 aromatic heterocycles. The molecule has 0 spiro atoms. The SMILES string of the molecule is CCNc1ncnc(NCCN2CCCC2)c1[N+](=O)[O-]. The van der Waals surface area contributed by atoms with Crippen LogP contribution in [-0.2, 0) is 0 Å². The van der Waals surface area contributed by atoms with Gasteiger partial charge in [0.05, 0.1) is 4.92 Å². The van der Waals surface area contributed by atoms with Crippen molar-refractivity contribution in [1.29, 1.82) is 0 Å². The molecule has 1 aromatic rings. The van der Waals surface area contributed by atoms with E-state index in [1.54, 1.807) is 0 Å². The predicted octanol–water partition coefficient (Wildman–Crippen LogP) is 1.32. The molecular weight excluding hydrogens is 260 g/mol. The minimum Gasteiger partial charge on any atom is -0.364 e. The number of likely N-dealkylation sites (tertiary alicyclic amines) is 1. The lowest BCUT2D eigenvalue weighted by Gasteiger charge is -2.15. The molecule has 0 saturated carbocycles. The van der Waals surface area contributed by atoms with Crippen molar-refractivity contribution in [3.8, 4) is 0 Å². The van der Waals surface area contributed by atoms with Crippen molar-refractivity contribution >= 4 is 17.3 Å². The van der Waals surface area contributed by atoms with E-state index in [1.807, 2.05) is 6.92 Å². The third-order valence-electron chi connectivity index (χ3n) is 3.27. The molecule has 0 unspecified atom stereocenters. The smallest absolute Gasteiger partial charge is 0.353 e. The van der Waals surface area contributed by atoms with E-state index < -0.39 is 4.92 Å². The van der Waals surface area contributed by atoms with Crippen LogP contribution in [0.5, 0.6) is 0 Å². The Labute approximate surface area is 117 Å². The molecule has 0 atom stereocenters. The molecule has 2 N–H and O–H groups in total. The van der Waals surface area contributed by atoms with Crippen molar-refractivity contribution in [2.75, 3.05) is 43.4 Å². The van der Waals surface area contributed by atoms with Gasteiger partial charge < -0.3 is 15.5 Å². The van der Waals surface area contributed by atoms with Gasteiger partial charge >= 0.3 is 5.69 Å². The van der Waals surface area contributed by atoms with E-state index in [4.69, 9.17) is 0 Å². The highest BCUT2D eigenvalue weighted by atomic mass is 16.6. The molecule has 0 bridgehead atoms. The maximum atomic E-state index is 11.2. The highest BCUT2D eigenvalue weighted by Crippen LogP contribution is 2.28. The lowest BCUT2D eigenvalue weighted by Crippen LogP contribution is -2.26. The fourth-order valence-corrected chi connectivity index (χ4v) is 2.32. The van der Waals surface area contributed by atoms with Gasteiger partial charge in [-0.25, -0.2) is 9.97 Å². The zero-order chi connectivity index (χ0) is 14.4. The van der Waals surface area contributed by atoms with E-state index in [-0.39, 0.29) is 17.3 Å². The summed E-state index contributed by atoms with van der Waals surface area (Å²) in [5.41, 5.74) is -0.0872. The lowest BCUT2D eigenvalue weighted by molar-refractivity contribution is -0.383. The summed E-state index contributed by atoms with van der Waals surface area (Å²) in [5, 5.41) is 17.1. The van der Waals surface area contributed by atoms with E-state index in [9.17, 15) is 10.1 Å². The summed E-state index contributed by atoms with van der Waals surface area (Å²) in [6.45, 7) is 6.17. The molecule has 110 valence electrons. The third-order valence-corrected chi connectivity index (χ3v) is 3.27. The number of anilines is 2. The minimum atomic E-state index is -0.448. The Morgan fingerprint density at radius 1 is 1.30 bits per heavy atom. The number of hydrogen-bond donors (Lipinski definition) is 2. The Morgan fingerprint density at radius 2 is 1.95 bits per heavy atom. The van der Waals surface area contributed by atoms with E-state index in [0.717, 1.165) is 19.6 Å². The van der Waals surface area contributed by atoms with Crippen LogP contribution >= 0.6 is 0 Å². The largest absolute Gasteiger partial charge is 0.364 e. The molecule has 1 aliphatic rings. The second kappa shape index (κ2) is 6.99. The Morgan fingerprint density at radius 3 is 2.55 bits per heavy atom. The topological polar surface area (TPSA) is 96.2 Å². The number of aromatic nitrogens is 2. The Bertz CT molecular complexity index is 461. The summed E-state index contributed by atoms with van der Waals surface area (Å²) < 4.78 is 0. The number of nitro groups is 1. The van der Waals surface area contributed by atoms with Crippen molar-refractivity contribution in [3.05, 3.63) is 16.4 Å². The average molecular weight is 280 g/mol. The number of rotatable bonds is 7. The van der Waals surface area contributed by atoms with Gasteiger partial charge in [0.2, 0.25) is 11.6 Å². The predicted molar refractivity (Wildman–Crippen MR) is 77.0 cm³/mol. The molecule has 1 fully saturated rings. The zero-order valence-corrected chi connectivity index (χ0v) is 11.6. The maximum Gasteiger partial charge on any atom is 0.353 e. The van der Waals surface area contributed by atoms with Crippen LogP contribution < -0.4 is 10.6 Å². The van der Waals surface area contributed by atoms with Crippen LogP contribution in [-0.4, -0.2) is 52.5 Å². The Kier molecular flexibility index (Phi) is 5.05. The van der Waals surface area contributed by atoms with Gasteiger partial charge in [0, 0.05) is 19.6 Å². The first kappa shape index (κ1) is 14.4. The maximum absolute atomic E-state index is 11.2. The molecule has 2 heterocycles. The molecule has 1 saturated heterocycles. The van der Waals surface area contributed by atoms with Gasteiger partial charge in [0.1, 0.15) is 6.33 Å². The zero-order valence-electron chi connectivity index (χ0n) is 11.6. The van der Waals surface area contributed by atoms with Gasteiger partial charge in [-0.05, 0) is 32.9 Å². The van der Waals surface area contributed by atoms with Gasteiger partial charge in [-0.2, -0.15) is 0 Å². The normalized spacial score (nSPS) is 15.2. The summed E-state index contributed by atoms with van der Waals surface area (Å²) in [4.78, 5) is 21.0. The van der Waals surface area contributed by atoms with Crippen molar-refractivity contribution in [2.24, 2.45) is 0 Å². The van der Waals surface area contributed by atoms with Gasteiger partial charge in [-0.1, -0.05) is 0 Å². The quantitative estimate of drug-likeness (QED) is 0.574. The monoisotopic (exact) mass is 280 g/mol. The number of nitrogens with zero attached hydrogens (tertiary/aromatic N) is 4. The molecule has 8 heteroatoms. The van der Waals surface area contributed by atoms with Crippen molar-refractivity contribution in [3.63, 3.8) is 0 Å². The highest BCUT2D eigenvalue weighted by molar-refractivity contribution is 5.69. The van der Waals surface area contributed by atoms with Crippen LogP contribution in [0.3, 0.4) is 0 Å². The molecule has 0 amide bonds. The lowest BCUT2D eigenvalue weighted by atomic mass is 10.4. The molecule has 0 radical (unpaired) electrons. The third kappa shape index (κ3) is 3.53. The second-order valence-electron chi connectivity index (χ2n) is 4.68. The van der Waals surface area contributed by atoms with Gasteiger partial charge in [0.15, 0.2) is 0 Å². The average Bonchev–Trinajstić information content (AvgIpc) is 2.92. The summed E-state index contributed by atoms with van der Waals surface area (Å²) in [7, 11) is 0. The fraction of sp³-hybridized carbons (Fsp3) is 0.667. The van der Waals surface area contributed by atoms with Crippen LogP contribution in [0.2, 0.25) is 0 Å².